The van der Waals surface area contributed by atoms with E-state index in [4.69, 9.17) is 0 Å². The molecular formula is C19H18F3N5OS. The van der Waals surface area contributed by atoms with Gasteiger partial charge in [0.15, 0.2) is 0 Å². The zero-order valence-electron chi connectivity index (χ0n) is 15.7. The number of aryl methyl sites for hydroxylation is 2. The van der Waals surface area contributed by atoms with Gasteiger partial charge in [-0.3, -0.25) is 4.79 Å². The van der Waals surface area contributed by atoms with Gasteiger partial charge in [-0.15, -0.1) is 16.9 Å². The summed E-state index contributed by atoms with van der Waals surface area (Å²) in [7, 11) is 0. The molecule has 0 saturated carbocycles. The van der Waals surface area contributed by atoms with Crippen LogP contribution in [-0.2, 0) is 17.4 Å². The number of aromatic nitrogens is 4. The molecule has 0 saturated heterocycles. The predicted octanol–water partition coefficient (Wildman–Crippen LogP) is 3.66. The Morgan fingerprint density at radius 3 is 2.79 bits per heavy atom. The number of hydrogen-bond donors (Lipinski definition) is 1. The molecule has 1 amide bonds. The van der Waals surface area contributed by atoms with Gasteiger partial charge < -0.3 is 5.32 Å². The molecule has 0 bridgehead atoms. The van der Waals surface area contributed by atoms with Crippen LogP contribution in [0.1, 0.15) is 40.8 Å². The lowest BCUT2D eigenvalue weighted by Gasteiger charge is -2.26. The molecule has 1 atom stereocenters. The molecule has 1 aromatic carbocycles. The third-order valence-electron chi connectivity index (χ3n) is 4.93. The number of halogens is 3. The number of carbonyl (C=O) groups excluding carboxylic acids is 1. The molecule has 4 rings (SSSR count). The van der Waals surface area contributed by atoms with Crippen LogP contribution >= 0.6 is 11.8 Å². The van der Waals surface area contributed by atoms with Crippen LogP contribution < -0.4 is 5.32 Å². The maximum Gasteiger partial charge on any atom is 0.453 e. The molecule has 1 N–H and O–H groups in total. The van der Waals surface area contributed by atoms with Gasteiger partial charge in [0.1, 0.15) is 0 Å². The van der Waals surface area contributed by atoms with E-state index in [-0.39, 0.29) is 24.1 Å². The predicted molar refractivity (Wildman–Crippen MR) is 102 cm³/mol. The fourth-order valence-corrected chi connectivity index (χ4v) is 4.61. The number of amides is 1. The molecule has 0 aliphatic carbocycles. The molecule has 152 valence electrons. The number of fused-ring (bicyclic) bond motifs is 2. The largest absolute Gasteiger partial charge is 0.453 e. The Kier molecular flexibility index (Phi) is 4.97. The van der Waals surface area contributed by atoms with Crippen LogP contribution in [0.5, 0.6) is 0 Å². The highest BCUT2D eigenvalue weighted by Gasteiger charge is 2.37. The minimum absolute atomic E-state index is 0.00757. The summed E-state index contributed by atoms with van der Waals surface area (Å²) in [5.41, 5.74) is 2.52. The van der Waals surface area contributed by atoms with Crippen LogP contribution in [-0.4, -0.2) is 31.2 Å². The average Bonchev–Trinajstić information content (AvgIpc) is 3.10. The zero-order valence-corrected chi connectivity index (χ0v) is 16.6. The van der Waals surface area contributed by atoms with E-state index in [1.54, 1.807) is 25.6 Å². The summed E-state index contributed by atoms with van der Waals surface area (Å²) in [6.07, 6.45) is -3.83. The molecule has 0 radical (unpaired) electrons. The van der Waals surface area contributed by atoms with Crippen LogP contribution in [0.15, 0.2) is 29.2 Å². The van der Waals surface area contributed by atoms with Gasteiger partial charge in [-0.05, 0) is 31.9 Å². The third kappa shape index (κ3) is 3.81. The van der Waals surface area contributed by atoms with Crippen LogP contribution in [0.4, 0.5) is 13.2 Å². The molecule has 0 fully saturated rings. The molecular weight excluding hydrogens is 403 g/mol. The Balaban J connectivity index is 1.59. The Labute approximate surface area is 168 Å². The first-order chi connectivity index (χ1) is 13.7. The summed E-state index contributed by atoms with van der Waals surface area (Å²) >= 11 is 1.76. The van der Waals surface area contributed by atoms with E-state index in [0.29, 0.717) is 17.0 Å². The van der Waals surface area contributed by atoms with E-state index in [1.807, 2.05) is 24.3 Å². The smallest absolute Gasteiger partial charge is 0.349 e. The van der Waals surface area contributed by atoms with Gasteiger partial charge in [-0.1, -0.05) is 18.2 Å². The average molecular weight is 421 g/mol. The second-order valence-electron chi connectivity index (χ2n) is 6.88. The van der Waals surface area contributed by atoms with Crippen LogP contribution in [0.2, 0.25) is 0 Å². The van der Waals surface area contributed by atoms with Crippen LogP contribution in [0.3, 0.4) is 0 Å². The number of nitrogens with zero attached hydrogens (tertiary/aromatic N) is 4. The van der Waals surface area contributed by atoms with Crippen LogP contribution in [0.25, 0.3) is 5.78 Å². The van der Waals surface area contributed by atoms with Crippen LogP contribution in [0, 0.1) is 13.8 Å². The van der Waals surface area contributed by atoms with Crippen molar-refractivity contribution in [2.24, 2.45) is 0 Å². The van der Waals surface area contributed by atoms with Crippen molar-refractivity contribution in [3.63, 3.8) is 0 Å². The molecule has 1 aliphatic heterocycles. The van der Waals surface area contributed by atoms with Gasteiger partial charge in [0.2, 0.25) is 5.91 Å². The van der Waals surface area contributed by atoms with Gasteiger partial charge in [0.05, 0.1) is 12.5 Å². The summed E-state index contributed by atoms with van der Waals surface area (Å²) < 4.78 is 39.8. The SMILES string of the molecule is Cc1nc2nc(C(F)(F)F)nn2c(C)c1CC(=O)N[C@H]1CCSc2ccccc21. The lowest BCUT2D eigenvalue weighted by Crippen LogP contribution is -2.32. The first-order valence-corrected chi connectivity index (χ1v) is 10.0. The van der Waals surface area contributed by atoms with Gasteiger partial charge in [-0.25, -0.2) is 9.50 Å². The topological polar surface area (TPSA) is 72.2 Å². The summed E-state index contributed by atoms with van der Waals surface area (Å²) in [5.74, 6) is -0.674. The summed E-state index contributed by atoms with van der Waals surface area (Å²) in [5, 5.41) is 6.57. The molecule has 6 nitrogen and oxygen atoms in total. The van der Waals surface area contributed by atoms with Gasteiger partial charge >= 0.3 is 6.18 Å². The molecule has 1 aliphatic rings. The Morgan fingerprint density at radius 1 is 1.28 bits per heavy atom. The molecule has 0 unspecified atom stereocenters. The quantitative estimate of drug-likeness (QED) is 0.699. The Morgan fingerprint density at radius 2 is 2.03 bits per heavy atom. The van der Waals surface area contributed by atoms with Crippen molar-refractivity contribution in [1.29, 1.82) is 0 Å². The highest BCUT2D eigenvalue weighted by molar-refractivity contribution is 7.99. The summed E-state index contributed by atoms with van der Waals surface area (Å²) in [4.78, 5) is 21.4. The number of hydrogen-bond acceptors (Lipinski definition) is 5. The highest BCUT2D eigenvalue weighted by atomic mass is 32.2. The summed E-state index contributed by atoms with van der Waals surface area (Å²) in [6.45, 7) is 3.27. The van der Waals surface area contributed by atoms with Crippen molar-refractivity contribution in [1.82, 2.24) is 24.9 Å². The van der Waals surface area contributed by atoms with E-state index < -0.39 is 12.0 Å². The first kappa shape index (κ1) is 19.7. The molecule has 29 heavy (non-hydrogen) atoms. The molecule has 3 aromatic rings. The van der Waals surface area contributed by atoms with Crippen molar-refractivity contribution in [3.05, 3.63) is 52.6 Å². The van der Waals surface area contributed by atoms with Gasteiger partial charge in [0.25, 0.3) is 11.6 Å². The zero-order chi connectivity index (χ0) is 20.8. The van der Waals surface area contributed by atoms with Crippen molar-refractivity contribution in [2.45, 2.75) is 43.8 Å². The number of alkyl halides is 3. The maximum absolute atomic E-state index is 12.9. The monoisotopic (exact) mass is 421 g/mol. The maximum atomic E-state index is 12.9. The van der Waals surface area contributed by atoms with E-state index in [0.717, 1.165) is 27.1 Å². The Bertz CT molecular complexity index is 1100. The third-order valence-corrected chi connectivity index (χ3v) is 6.06. The van der Waals surface area contributed by atoms with Crippen molar-refractivity contribution < 1.29 is 18.0 Å². The molecule has 10 heteroatoms. The minimum Gasteiger partial charge on any atom is -0.349 e. The minimum atomic E-state index is -4.65. The van der Waals surface area contributed by atoms with Gasteiger partial charge in [0, 0.05) is 27.6 Å². The fourth-order valence-electron chi connectivity index (χ4n) is 3.48. The second kappa shape index (κ2) is 7.33. The van der Waals surface area contributed by atoms with Crippen molar-refractivity contribution in [3.8, 4) is 0 Å². The van der Waals surface area contributed by atoms with Gasteiger partial charge in [-0.2, -0.15) is 18.2 Å². The fraction of sp³-hybridized carbons (Fsp3) is 0.368. The second-order valence-corrected chi connectivity index (χ2v) is 8.01. The molecule has 0 spiro atoms. The number of rotatable bonds is 3. The molecule has 2 aromatic heterocycles. The van der Waals surface area contributed by atoms with E-state index >= 15 is 0 Å². The number of benzene rings is 1. The molecule has 3 heterocycles. The van der Waals surface area contributed by atoms with E-state index in [9.17, 15) is 18.0 Å². The van der Waals surface area contributed by atoms with E-state index in [2.05, 4.69) is 20.4 Å². The number of carbonyl (C=O) groups is 1. The lowest BCUT2D eigenvalue weighted by molar-refractivity contribution is -0.144. The number of nitrogens with one attached hydrogen (secondary N) is 1. The standard InChI is InChI=1S/C19H18F3N5OS/c1-10-13(11(2)27-18(23-10)25-17(26-27)19(20,21)22)9-16(28)24-14-7-8-29-15-6-4-3-5-12(14)15/h3-6,14H,7-9H2,1-2H3,(H,24,28)/t14-/m0/s1. The highest BCUT2D eigenvalue weighted by Crippen LogP contribution is 2.35. The normalized spacial score (nSPS) is 16.7. The Hall–Kier alpha value is -2.62. The van der Waals surface area contributed by atoms with Crippen molar-refractivity contribution in [2.75, 3.05) is 5.75 Å². The summed E-state index contributed by atoms with van der Waals surface area (Å²) in [6, 6.07) is 7.87. The first-order valence-electron chi connectivity index (χ1n) is 9.05. The van der Waals surface area contributed by atoms with E-state index in [1.165, 1.54) is 0 Å². The number of thioether (sulfide) groups is 1. The lowest BCUT2D eigenvalue weighted by atomic mass is 10.0. The van der Waals surface area contributed by atoms with Crippen molar-refractivity contribution >= 4 is 23.4 Å².